The first-order valence-corrected chi connectivity index (χ1v) is 9.31. The Hall–Kier alpha value is -1.10. The summed E-state index contributed by atoms with van der Waals surface area (Å²) in [4.78, 5) is 0. The molecular formula is C21H32O4. The SMILES string of the molecule is COc1cccc(C2OC(C3CCC3)C(C)(C)C2(O)C(C)(C)CO)c1. The first kappa shape index (κ1) is 18.7. The summed E-state index contributed by atoms with van der Waals surface area (Å²) in [6.45, 7) is 7.93. The molecule has 0 bridgehead atoms. The summed E-state index contributed by atoms with van der Waals surface area (Å²) in [5.74, 6) is 1.22. The van der Waals surface area contributed by atoms with Crippen molar-refractivity contribution in [3.63, 3.8) is 0 Å². The molecule has 0 amide bonds. The number of hydrogen-bond donors (Lipinski definition) is 2. The lowest BCUT2D eigenvalue weighted by atomic mass is 9.55. The third-order valence-electron chi connectivity index (χ3n) is 6.76. The predicted molar refractivity (Wildman–Crippen MR) is 97.5 cm³/mol. The van der Waals surface area contributed by atoms with E-state index in [0.29, 0.717) is 5.92 Å². The Labute approximate surface area is 151 Å². The molecule has 2 N–H and O–H groups in total. The minimum atomic E-state index is -1.19. The van der Waals surface area contributed by atoms with E-state index < -0.39 is 22.5 Å². The Balaban J connectivity index is 2.10. The van der Waals surface area contributed by atoms with Gasteiger partial charge < -0.3 is 19.7 Å². The van der Waals surface area contributed by atoms with E-state index >= 15 is 0 Å². The summed E-state index contributed by atoms with van der Waals surface area (Å²) in [5, 5.41) is 22.1. The van der Waals surface area contributed by atoms with Crippen LogP contribution in [-0.2, 0) is 4.74 Å². The largest absolute Gasteiger partial charge is 0.497 e. The van der Waals surface area contributed by atoms with Gasteiger partial charge in [-0.15, -0.1) is 0 Å². The maximum absolute atomic E-state index is 12.0. The van der Waals surface area contributed by atoms with Gasteiger partial charge in [0.25, 0.3) is 0 Å². The van der Waals surface area contributed by atoms with Gasteiger partial charge in [0.15, 0.2) is 0 Å². The van der Waals surface area contributed by atoms with Crippen LogP contribution in [0.15, 0.2) is 24.3 Å². The van der Waals surface area contributed by atoms with Crippen molar-refractivity contribution in [3.8, 4) is 5.75 Å². The maximum atomic E-state index is 12.0. The molecule has 3 atom stereocenters. The lowest BCUT2D eigenvalue weighted by Gasteiger charge is -2.51. The number of hydrogen-bond acceptors (Lipinski definition) is 4. The van der Waals surface area contributed by atoms with Crippen LogP contribution in [0.1, 0.15) is 58.6 Å². The molecule has 4 nitrogen and oxygen atoms in total. The summed E-state index contributed by atoms with van der Waals surface area (Å²) in [6.07, 6.45) is 3.01. The van der Waals surface area contributed by atoms with Crippen molar-refractivity contribution in [2.45, 2.75) is 64.8 Å². The topological polar surface area (TPSA) is 58.9 Å². The maximum Gasteiger partial charge on any atom is 0.119 e. The Kier molecular flexibility index (Phi) is 4.68. The highest BCUT2D eigenvalue weighted by atomic mass is 16.5. The fourth-order valence-corrected chi connectivity index (χ4v) is 4.88. The monoisotopic (exact) mass is 348 g/mol. The molecule has 1 aliphatic heterocycles. The molecule has 2 fully saturated rings. The summed E-state index contributed by atoms with van der Waals surface area (Å²) in [5.41, 5.74) is -1.47. The molecule has 3 rings (SSSR count). The highest BCUT2D eigenvalue weighted by Crippen LogP contribution is 2.63. The van der Waals surface area contributed by atoms with E-state index in [-0.39, 0.29) is 12.7 Å². The Bertz CT molecular complexity index is 620. The lowest BCUT2D eigenvalue weighted by Crippen LogP contribution is -2.59. The summed E-state index contributed by atoms with van der Waals surface area (Å²) in [7, 11) is 1.64. The van der Waals surface area contributed by atoms with E-state index in [0.717, 1.165) is 24.2 Å². The van der Waals surface area contributed by atoms with E-state index in [4.69, 9.17) is 9.47 Å². The van der Waals surface area contributed by atoms with Crippen LogP contribution < -0.4 is 4.74 Å². The predicted octanol–water partition coefficient (Wildman–Crippen LogP) is 3.71. The van der Waals surface area contributed by atoms with E-state index in [2.05, 4.69) is 13.8 Å². The van der Waals surface area contributed by atoms with Gasteiger partial charge >= 0.3 is 0 Å². The van der Waals surface area contributed by atoms with Crippen molar-refractivity contribution in [1.82, 2.24) is 0 Å². The quantitative estimate of drug-likeness (QED) is 0.852. The van der Waals surface area contributed by atoms with Gasteiger partial charge in [0, 0.05) is 10.8 Å². The van der Waals surface area contributed by atoms with Gasteiger partial charge in [-0.3, -0.25) is 0 Å². The van der Waals surface area contributed by atoms with Crippen LogP contribution >= 0.6 is 0 Å². The zero-order valence-corrected chi connectivity index (χ0v) is 16.1. The molecular weight excluding hydrogens is 316 g/mol. The third kappa shape index (κ3) is 2.61. The van der Waals surface area contributed by atoms with Crippen molar-refractivity contribution in [2.75, 3.05) is 13.7 Å². The van der Waals surface area contributed by atoms with E-state index in [1.165, 1.54) is 6.42 Å². The van der Waals surface area contributed by atoms with E-state index in [9.17, 15) is 10.2 Å². The summed E-state index contributed by atoms with van der Waals surface area (Å²) < 4.78 is 11.9. The molecule has 0 aromatic heterocycles. The molecule has 1 saturated carbocycles. The van der Waals surface area contributed by atoms with E-state index in [1.54, 1.807) is 7.11 Å². The molecule has 4 heteroatoms. The van der Waals surface area contributed by atoms with Crippen LogP contribution in [0.25, 0.3) is 0 Å². The standard InChI is InChI=1S/C21H32O4/c1-19(2,13-22)21(23)18(15-10-7-11-16(12-15)24-5)25-17(20(21,3)4)14-8-6-9-14/h7,10-12,14,17-18,22-23H,6,8-9,13H2,1-5H3. The van der Waals surface area contributed by atoms with Gasteiger partial charge in [-0.1, -0.05) is 46.2 Å². The molecule has 25 heavy (non-hydrogen) atoms. The summed E-state index contributed by atoms with van der Waals surface area (Å²) >= 11 is 0. The highest BCUT2D eigenvalue weighted by molar-refractivity contribution is 5.34. The fraction of sp³-hybridized carbons (Fsp3) is 0.714. The second kappa shape index (κ2) is 6.26. The minimum Gasteiger partial charge on any atom is -0.497 e. The number of aliphatic hydroxyl groups is 2. The number of rotatable bonds is 5. The van der Waals surface area contributed by atoms with Crippen molar-refractivity contribution < 1.29 is 19.7 Å². The first-order chi connectivity index (χ1) is 11.7. The Morgan fingerprint density at radius 3 is 2.48 bits per heavy atom. The molecule has 1 aliphatic carbocycles. The van der Waals surface area contributed by atoms with Gasteiger partial charge in [-0.25, -0.2) is 0 Å². The number of methoxy groups -OCH3 is 1. The Morgan fingerprint density at radius 2 is 1.96 bits per heavy atom. The average molecular weight is 348 g/mol. The van der Waals surface area contributed by atoms with Crippen LogP contribution in [0.2, 0.25) is 0 Å². The van der Waals surface area contributed by atoms with Crippen molar-refractivity contribution in [3.05, 3.63) is 29.8 Å². The molecule has 1 heterocycles. The lowest BCUT2D eigenvalue weighted by molar-refractivity contribution is -0.170. The third-order valence-corrected chi connectivity index (χ3v) is 6.76. The molecule has 140 valence electrons. The smallest absolute Gasteiger partial charge is 0.119 e. The Morgan fingerprint density at radius 1 is 1.28 bits per heavy atom. The molecule has 0 spiro atoms. The molecule has 1 aromatic rings. The molecule has 2 aliphatic rings. The minimum absolute atomic E-state index is 0.0201. The van der Waals surface area contributed by atoms with Crippen molar-refractivity contribution >= 4 is 0 Å². The highest BCUT2D eigenvalue weighted by Gasteiger charge is 2.68. The normalized spacial score (nSPS) is 32.4. The first-order valence-electron chi connectivity index (χ1n) is 9.31. The van der Waals surface area contributed by atoms with Crippen LogP contribution in [0.4, 0.5) is 0 Å². The van der Waals surface area contributed by atoms with Crippen LogP contribution in [0, 0.1) is 16.7 Å². The molecule has 1 saturated heterocycles. The van der Waals surface area contributed by atoms with Crippen LogP contribution in [-0.4, -0.2) is 35.6 Å². The number of ether oxygens (including phenoxy) is 2. The molecule has 0 radical (unpaired) electrons. The zero-order valence-electron chi connectivity index (χ0n) is 16.1. The van der Waals surface area contributed by atoms with E-state index in [1.807, 2.05) is 38.1 Å². The molecule has 3 unspecified atom stereocenters. The summed E-state index contributed by atoms with van der Waals surface area (Å²) in [6, 6.07) is 7.73. The average Bonchev–Trinajstić information content (AvgIpc) is 2.75. The second-order valence-electron chi connectivity index (χ2n) is 8.93. The van der Waals surface area contributed by atoms with Crippen molar-refractivity contribution in [2.24, 2.45) is 16.7 Å². The number of aliphatic hydroxyl groups excluding tert-OH is 1. The van der Waals surface area contributed by atoms with Gasteiger partial charge in [-0.05, 0) is 36.5 Å². The van der Waals surface area contributed by atoms with Gasteiger partial charge in [-0.2, -0.15) is 0 Å². The zero-order chi connectivity index (χ0) is 18.5. The van der Waals surface area contributed by atoms with Gasteiger partial charge in [0.1, 0.15) is 17.5 Å². The second-order valence-corrected chi connectivity index (χ2v) is 8.93. The molecule has 1 aromatic carbocycles. The number of benzene rings is 1. The van der Waals surface area contributed by atoms with Crippen LogP contribution in [0.3, 0.4) is 0 Å². The van der Waals surface area contributed by atoms with Gasteiger partial charge in [0.05, 0.1) is 19.8 Å². The van der Waals surface area contributed by atoms with Crippen molar-refractivity contribution in [1.29, 1.82) is 0 Å². The van der Waals surface area contributed by atoms with Gasteiger partial charge in [0.2, 0.25) is 0 Å². The van der Waals surface area contributed by atoms with Crippen LogP contribution in [0.5, 0.6) is 5.75 Å². The fourth-order valence-electron chi connectivity index (χ4n) is 4.88.